The maximum absolute atomic E-state index is 14.3. The second kappa shape index (κ2) is 13.7. The van der Waals surface area contributed by atoms with E-state index in [2.05, 4.69) is 0 Å². The van der Waals surface area contributed by atoms with Crippen molar-refractivity contribution in [3.05, 3.63) is 130 Å². The van der Waals surface area contributed by atoms with Crippen LogP contribution in [0.1, 0.15) is 77.0 Å². The largest absolute Gasteiger partial charge is 1.00 e. The van der Waals surface area contributed by atoms with Gasteiger partial charge in [-0.2, -0.15) is 0 Å². The van der Waals surface area contributed by atoms with E-state index in [0.717, 1.165) is 30.0 Å². The molecule has 0 unspecified atom stereocenters. The van der Waals surface area contributed by atoms with Crippen LogP contribution >= 0.6 is 0 Å². The minimum absolute atomic E-state index is 0. The number of para-hydroxylation sites is 1. The molecule has 5 rings (SSSR count). The molecule has 212 valence electrons. The number of hydrogen-bond acceptors (Lipinski definition) is 6. The molecular weight excluding hydrogens is 561 g/mol. The number of carboxylic acids is 3. The summed E-state index contributed by atoms with van der Waals surface area (Å²) in [5.74, 6) is -4.63. The molecule has 0 aromatic heterocycles. The van der Waals surface area contributed by atoms with Crippen molar-refractivity contribution in [2.45, 2.75) is 31.8 Å². The maximum Gasteiger partial charge on any atom is 1.00 e. The average molecular weight is 588 g/mol. The summed E-state index contributed by atoms with van der Waals surface area (Å²) in [5.41, 5.74) is 0.0478. The van der Waals surface area contributed by atoms with Gasteiger partial charge in [-0.1, -0.05) is 54.6 Å². The molecule has 0 saturated heterocycles. The number of benzene rings is 4. The fourth-order valence-corrected chi connectivity index (χ4v) is 5.36. The van der Waals surface area contributed by atoms with E-state index in [1.54, 1.807) is 18.2 Å². The van der Waals surface area contributed by atoms with Crippen LogP contribution in [0.3, 0.4) is 0 Å². The fourth-order valence-electron chi connectivity index (χ4n) is 5.36. The van der Waals surface area contributed by atoms with Crippen molar-refractivity contribution in [3.8, 4) is 11.5 Å². The van der Waals surface area contributed by atoms with E-state index >= 15 is 0 Å². The van der Waals surface area contributed by atoms with Gasteiger partial charge < -0.3 is 29.8 Å². The molecule has 1 aliphatic carbocycles. The minimum Gasteiger partial charge on any atom is -0.545 e. The Hall–Kier alpha value is -4.44. The third-order valence-corrected chi connectivity index (χ3v) is 7.27. The number of aryl methyl sites for hydroxylation is 1. The number of fused-ring (bicyclic) bond motifs is 1. The Labute approximate surface area is 269 Å². The molecule has 4 aromatic rings. The monoisotopic (exact) mass is 587 g/mol. The Morgan fingerprint density at radius 2 is 1.40 bits per heavy atom. The first kappa shape index (κ1) is 31.5. The smallest absolute Gasteiger partial charge is 0.545 e. The summed E-state index contributed by atoms with van der Waals surface area (Å²) in [6, 6.07) is 25.0. The predicted molar refractivity (Wildman–Crippen MR) is 150 cm³/mol. The molecule has 0 bridgehead atoms. The number of amides is 1. The third kappa shape index (κ3) is 6.97. The molecule has 1 aliphatic rings. The van der Waals surface area contributed by atoms with Crippen molar-refractivity contribution >= 4 is 23.8 Å². The predicted octanol–water partition coefficient (Wildman–Crippen LogP) is 1.96. The molecule has 4 aromatic carbocycles. The average Bonchev–Trinajstić information content (AvgIpc) is 2.99. The topological polar surface area (TPSA) is 144 Å². The van der Waals surface area contributed by atoms with Gasteiger partial charge in [0.15, 0.2) is 0 Å². The number of aromatic carboxylic acids is 3. The van der Waals surface area contributed by atoms with Gasteiger partial charge >= 0.3 is 41.5 Å². The Morgan fingerprint density at radius 1 is 0.767 bits per heavy atom. The number of carboxylic acid groups (broad SMARTS) is 3. The van der Waals surface area contributed by atoms with E-state index in [9.17, 15) is 34.5 Å². The SMILES string of the molecule is O=C([O-])c1cc(C(=O)O)c(C(=O)O)cc1C(=O)N(Cc1cccc(Oc2ccccc2)c1)[C@H]1CCCc2ccccc21.[Na+]. The van der Waals surface area contributed by atoms with Crippen LogP contribution in [-0.2, 0) is 13.0 Å². The molecule has 2 N–H and O–H groups in total. The quantitative estimate of drug-likeness (QED) is 0.283. The number of rotatable bonds is 9. The molecule has 0 aliphatic heterocycles. The third-order valence-electron chi connectivity index (χ3n) is 7.27. The number of carbonyl (C=O) groups is 4. The molecular formula is C33H26NNaO8. The van der Waals surface area contributed by atoms with Gasteiger partial charge in [0, 0.05) is 17.7 Å². The molecule has 0 radical (unpaired) electrons. The summed E-state index contributed by atoms with van der Waals surface area (Å²) in [4.78, 5) is 51.6. The molecule has 0 fully saturated rings. The van der Waals surface area contributed by atoms with Gasteiger partial charge in [-0.25, -0.2) is 9.59 Å². The standard InChI is InChI=1S/C33H27NO8.Na/c35-30(25-17-27(32(38)39)28(33(40)41)18-26(25)31(36)37)34(29-15-7-10-21-9-4-5-14-24(21)29)19-20-8-6-13-23(16-20)42-22-11-2-1-3-12-22;/h1-6,8-9,11-14,16-18,29H,7,10,15,19H2,(H,36,37)(H,38,39)(H,40,41);/q;+1/p-1/t29-;/m0./s1. The van der Waals surface area contributed by atoms with Crippen LogP contribution in [0.25, 0.3) is 0 Å². The van der Waals surface area contributed by atoms with Crippen molar-refractivity contribution in [2.75, 3.05) is 0 Å². The summed E-state index contributed by atoms with van der Waals surface area (Å²) in [5, 5.41) is 31.3. The van der Waals surface area contributed by atoms with E-state index in [0.29, 0.717) is 29.5 Å². The van der Waals surface area contributed by atoms with Gasteiger partial charge in [-0.15, -0.1) is 0 Å². The van der Waals surface area contributed by atoms with Gasteiger partial charge in [0.05, 0.1) is 23.1 Å². The van der Waals surface area contributed by atoms with Gasteiger partial charge in [0.1, 0.15) is 11.5 Å². The molecule has 0 saturated carbocycles. The fraction of sp³-hybridized carbons (Fsp3) is 0.152. The molecule has 1 amide bonds. The Bertz CT molecular complexity index is 1690. The van der Waals surface area contributed by atoms with Crippen LogP contribution in [0, 0.1) is 0 Å². The van der Waals surface area contributed by atoms with Crippen molar-refractivity contribution < 1.29 is 68.8 Å². The summed E-state index contributed by atoms with van der Waals surface area (Å²) < 4.78 is 5.97. The number of ether oxygens (including phenoxy) is 1. The van der Waals surface area contributed by atoms with Gasteiger partial charge in [0.2, 0.25) is 0 Å². The molecule has 0 heterocycles. The summed E-state index contributed by atoms with van der Waals surface area (Å²) in [6.45, 7) is 0.0411. The second-order valence-corrected chi connectivity index (χ2v) is 9.94. The van der Waals surface area contributed by atoms with E-state index in [1.807, 2.05) is 60.7 Å². The van der Waals surface area contributed by atoms with Crippen molar-refractivity contribution in [2.24, 2.45) is 0 Å². The molecule has 1 atom stereocenters. The van der Waals surface area contributed by atoms with Crippen LogP contribution in [0.2, 0.25) is 0 Å². The Morgan fingerprint density at radius 3 is 2.07 bits per heavy atom. The number of nitrogens with zero attached hydrogens (tertiary/aromatic N) is 1. The van der Waals surface area contributed by atoms with Crippen LogP contribution in [0.4, 0.5) is 0 Å². The molecule has 9 nitrogen and oxygen atoms in total. The zero-order chi connectivity index (χ0) is 29.8. The zero-order valence-corrected chi connectivity index (χ0v) is 25.4. The van der Waals surface area contributed by atoms with E-state index in [-0.39, 0.29) is 36.1 Å². The second-order valence-electron chi connectivity index (χ2n) is 9.94. The Balaban J connectivity index is 0.00000423. The van der Waals surface area contributed by atoms with Crippen LogP contribution in [0.5, 0.6) is 11.5 Å². The summed E-state index contributed by atoms with van der Waals surface area (Å²) in [6.07, 6.45) is 2.17. The first-order valence-corrected chi connectivity index (χ1v) is 13.3. The Kier molecular flexibility index (Phi) is 10.0. The maximum atomic E-state index is 14.3. The van der Waals surface area contributed by atoms with Crippen LogP contribution < -0.4 is 39.4 Å². The number of carbonyl (C=O) groups excluding carboxylic acids is 2. The zero-order valence-electron chi connectivity index (χ0n) is 23.4. The van der Waals surface area contributed by atoms with Crippen LogP contribution in [0.15, 0.2) is 91.0 Å². The van der Waals surface area contributed by atoms with Crippen molar-refractivity contribution in [3.63, 3.8) is 0 Å². The first-order valence-electron chi connectivity index (χ1n) is 13.3. The van der Waals surface area contributed by atoms with Gasteiger partial charge in [0.25, 0.3) is 5.91 Å². The van der Waals surface area contributed by atoms with Gasteiger partial charge in [-0.3, -0.25) is 4.79 Å². The van der Waals surface area contributed by atoms with E-state index in [1.165, 1.54) is 4.90 Å². The molecule has 0 spiro atoms. The first-order chi connectivity index (χ1) is 20.2. The van der Waals surface area contributed by atoms with Crippen LogP contribution in [-0.4, -0.2) is 38.9 Å². The van der Waals surface area contributed by atoms with Crippen molar-refractivity contribution in [1.29, 1.82) is 0 Å². The normalized spacial score (nSPS) is 13.6. The van der Waals surface area contributed by atoms with E-state index < -0.39 is 52.1 Å². The van der Waals surface area contributed by atoms with Gasteiger partial charge in [-0.05, 0) is 72.4 Å². The molecule has 10 heteroatoms. The van der Waals surface area contributed by atoms with E-state index in [4.69, 9.17) is 4.74 Å². The van der Waals surface area contributed by atoms with Crippen molar-refractivity contribution in [1.82, 2.24) is 4.90 Å². The summed E-state index contributed by atoms with van der Waals surface area (Å²) >= 11 is 0. The number of hydrogen-bond donors (Lipinski definition) is 2. The summed E-state index contributed by atoms with van der Waals surface area (Å²) in [7, 11) is 0. The minimum atomic E-state index is -1.79. The molecule has 43 heavy (non-hydrogen) atoms.